The van der Waals surface area contributed by atoms with E-state index in [-0.39, 0.29) is 5.54 Å². The molecular weight excluding hydrogens is 305 g/mol. The van der Waals surface area contributed by atoms with Crippen molar-refractivity contribution in [3.05, 3.63) is 24.2 Å². The number of fused-ring (bicyclic) bond motifs is 1. The molecule has 2 aromatic heterocycles. The fourth-order valence-electron chi connectivity index (χ4n) is 2.75. The maximum absolute atomic E-state index is 12.8. The van der Waals surface area contributed by atoms with Crippen LogP contribution in [-0.4, -0.2) is 26.0 Å². The van der Waals surface area contributed by atoms with Crippen LogP contribution >= 0.6 is 11.6 Å². The van der Waals surface area contributed by atoms with Crippen LogP contribution in [0.15, 0.2) is 18.5 Å². The molecule has 1 saturated carbocycles. The standard InChI is InChI=1S/C13H14ClF3N4/c14-8-12(3-1-2-4-12)19-11-9-7-10(13(15,16)17)20-21(9)6-5-18-11/h5-7H,1-4,8H2,(H,18,19). The Bertz CT molecular complexity index is 646. The molecule has 4 nitrogen and oxygen atoms in total. The van der Waals surface area contributed by atoms with E-state index < -0.39 is 11.9 Å². The summed E-state index contributed by atoms with van der Waals surface area (Å²) in [5, 5.41) is 6.79. The van der Waals surface area contributed by atoms with Gasteiger partial charge in [-0.05, 0) is 12.8 Å². The van der Waals surface area contributed by atoms with E-state index in [9.17, 15) is 13.2 Å². The summed E-state index contributed by atoms with van der Waals surface area (Å²) in [6, 6.07) is 1.01. The number of aromatic nitrogens is 3. The Morgan fingerprint density at radius 2 is 2.05 bits per heavy atom. The number of hydrogen-bond acceptors (Lipinski definition) is 3. The Morgan fingerprint density at radius 3 is 2.67 bits per heavy atom. The Labute approximate surface area is 124 Å². The average molecular weight is 319 g/mol. The topological polar surface area (TPSA) is 42.2 Å². The highest BCUT2D eigenvalue weighted by atomic mass is 35.5. The molecule has 2 heterocycles. The van der Waals surface area contributed by atoms with Crippen molar-refractivity contribution in [2.24, 2.45) is 0 Å². The van der Waals surface area contributed by atoms with Gasteiger partial charge >= 0.3 is 6.18 Å². The molecule has 1 aliphatic carbocycles. The largest absolute Gasteiger partial charge is 0.435 e. The highest BCUT2D eigenvalue weighted by Gasteiger charge is 2.36. The van der Waals surface area contributed by atoms with Crippen LogP contribution in [0.2, 0.25) is 0 Å². The van der Waals surface area contributed by atoms with E-state index in [4.69, 9.17) is 11.6 Å². The van der Waals surface area contributed by atoms with Gasteiger partial charge in [-0.1, -0.05) is 12.8 Å². The number of hydrogen-bond donors (Lipinski definition) is 1. The first kappa shape index (κ1) is 14.4. The molecule has 0 bridgehead atoms. The van der Waals surface area contributed by atoms with Crippen molar-refractivity contribution in [2.75, 3.05) is 11.2 Å². The highest BCUT2D eigenvalue weighted by Crippen LogP contribution is 2.35. The third kappa shape index (κ3) is 2.66. The lowest BCUT2D eigenvalue weighted by molar-refractivity contribution is -0.141. The van der Waals surface area contributed by atoms with Gasteiger partial charge < -0.3 is 5.32 Å². The van der Waals surface area contributed by atoms with E-state index in [1.165, 1.54) is 16.9 Å². The second kappa shape index (κ2) is 5.05. The number of halogens is 4. The minimum absolute atomic E-state index is 0.293. The summed E-state index contributed by atoms with van der Waals surface area (Å²) in [6.07, 6.45) is 2.24. The van der Waals surface area contributed by atoms with Crippen molar-refractivity contribution in [1.82, 2.24) is 14.6 Å². The van der Waals surface area contributed by atoms with Gasteiger partial charge in [0, 0.05) is 24.3 Å². The van der Waals surface area contributed by atoms with Crippen LogP contribution in [0.5, 0.6) is 0 Å². The number of alkyl halides is 4. The van der Waals surface area contributed by atoms with E-state index in [0.29, 0.717) is 17.2 Å². The Morgan fingerprint density at radius 1 is 1.33 bits per heavy atom. The normalized spacial score (nSPS) is 18.3. The van der Waals surface area contributed by atoms with Crippen LogP contribution in [0.3, 0.4) is 0 Å². The summed E-state index contributed by atoms with van der Waals surface area (Å²) in [5.74, 6) is 0.791. The zero-order valence-corrected chi connectivity index (χ0v) is 11.9. The molecule has 0 saturated heterocycles. The summed E-state index contributed by atoms with van der Waals surface area (Å²) >= 11 is 6.05. The van der Waals surface area contributed by atoms with Crippen LogP contribution in [-0.2, 0) is 6.18 Å². The van der Waals surface area contributed by atoms with E-state index in [2.05, 4.69) is 15.4 Å². The molecule has 2 aromatic rings. The van der Waals surface area contributed by atoms with Crippen molar-refractivity contribution in [1.29, 1.82) is 0 Å². The van der Waals surface area contributed by atoms with Crippen molar-refractivity contribution in [3.8, 4) is 0 Å². The average Bonchev–Trinajstić information content (AvgIpc) is 3.05. The second-order valence-electron chi connectivity index (χ2n) is 5.38. The summed E-state index contributed by atoms with van der Waals surface area (Å²) in [6.45, 7) is 0. The van der Waals surface area contributed by atoms with Crippen molar-refractivity contribution in [2.45, 2.75) is 37.4 Å². The Hall–Kier alpha value is -1.50. The predicted octanol–water partition coefficient (Wildman–Crippen LogP) is 3.71. The van der Waals surface area contributed by atoms with E-state index in [0.717, 1.165) is 31.7 Å². The minimum Gasteiger partial charge on any atom is -0.362 e. The van der Waals surface area contributed by atoms with Gasteiger partial charge in [0.2, 0.25) is 0 Å². The molecule has 0 unspecified atom stereocenters. The summed E-state index contributed by atoms with van der Waals surface area (Å²) in [7, 11) is 0. The monoisotopic (exact) mass is 318 g/mol. The minimum atomic E-state index is -4.47. The van der Waals surface area contributed by atoms with Crippen molar-refractivity contribution >= 4 is 22.9 Å². The lowest BCUT2D eigenvalue weighted by Crippen LogP contribution is -2.37. The van der Waals surface area contributed by atoms with Gasteiger partial charge in [0.1, 0.15) is 5.52 Å². The Balaban J connectivity index is 2.00. The van der Waals surface area contributed by atoms with E-state index in [1.807, 2.05) is 0 Å². The molecular formula is C13H14ClF3N4. The molecule has 0 atom stereocenters. The summed E-state index contributed by atoms with van der Waals surface area (Å²) in [4.78, 5) is 4.16. The van der Waals surface area contributed by atoms with Crippen LogP contribution in [0.25, 0.3) is 5.52 Å². The number of rotatable bonds is 3. The van der Waals surface area contributed by atoms with Crippen molar-refractivity contribution in [3.63, 3.8) is 0 Å². The number of anilines is 1. The third-order valence-electron chi connectivity index (χ3n) is 3.88. The fraction of sp³-hybridized carbons (Fsp3) is 0.538. The van der Waals surface area contributed by atoms with Crippen LogP contribution in [0.4, 0.5) is 19.0 Å². The molecule has 0 spiro atoms. The van der Waals surface area contributed by atoms with Crippen LogP contribution < -0.4 is 5.32 Å². The molecule has 0 radical (unpaired) electrons. The molecule has 1 fully saturated rings. The zero-order valence-electron chi connectivity index (χ0n) is 11.1. The number of nitrogens with one attached hydrogen (secondary N) is 1. The maximum Gasteiger partial charge on any atom is 0.435 e. The highest BCUT2D eigenvalue weighted by molar-refractivity contribution is 6.18. The van der Waals surface area contributed by atoms with Gasteiger partial charge in [0.15, 0.2) is 11.5 Å². The molecule has 8 heteroatoms. The van der Waals surface area contributed by atoms with Gasteiger partial charge in [-0.25, -0.2) is 9.50 Å². The lowest BCUT2D eigenvalue weighted by atomic mass is 10.0. The van der Waals surface area contributed by atoms with E-state index in [1.54, 1.807) is 0 Å². The van der Waals surface area contributed by atoms with Crippen LogP contribution in [0.1, 0.15) is 31.4 Å². The van der Waals surface area contributed by atoms with Gasteiger partial charge in [-0.3, -0.25) is 0 Å². The molecule has 114 valence electrons. The first-order valence-electron chi connectivity index (χ1n) is 6.69. The smallest absolute Gasteiger partial charge is 0.362 e. The third-order valence-corrected chi connectivity index (χ3v) is 4.39. The molecule has 21 heavy (non-hydrogen) atoms. The molecule has 1 aliphatic rings. The molecule has 0 aromatic carbocycles. The fourth-order valence-corrected chi connectivity index (χ4v) is 3.09. The second-order valence-corrected chi connectivity index (χ2v) is 5.65. The zero-order chi connectivity index (χ0) is 15.1. The Kier molecular flexibility index (Phi) is 3.47. The molecule has 0 amide bonds. The summed E-state index contributed by atoms with van der Waals surface area (Å²) in [5.41, 5.74) is -0.912. The molecule has 1 N–H and O–H groups in total. The summed E-state index contributed by atoms with van der Waals surface area (Å²) < 4.78 is 39.5. The first-order chi connectivity index (χ1) is 9.93. The SMILES string of the molecule is FC(F)(F)c1cc2c(NC3(CCl)CCCC3)nccn2n1. The lowest BCUT2D eigenvalue weighted by Gasteiger charge is -2.28. The quantitative estimate of drug-likeness (QED) is 0.877. The van der Waals surface area contributed by atoms with Crippen LogP contribution in [0, 0.1) is 0 Å². The number of nitrogens with zero attached hydrogens (tertiary/aromatic N) is 3. The van der Waals surface area contributed by atoms with Crippen molar-refractivity contribution < 1.29 is 13.2 Å². The van der Waals surface area contributed by atoms with Gasteiger partial charge in [-0.2, -0.15) is 18.3 Å². The molecule has 0 aliphatic heterocycles. The maximum atomic E-state index is 12.8. The predicted molar refractivity (Wildman–Crippen MR) is 73.5 cm³/mol. The van der Waals surface area contributed by atoms with Gasteiger partial charge in [0.05, 0.1) is 5.54 Å². The van der Waals surface area contributed by atoms with E-state index >= 15 is 0 Å². The first-order valence-corrected chi connectivity index (χ1v) is 7.23. The molecule has 3 rings (SSSR count). The van der Waals surface area contributed by atoms with Gasteiger partial charge in [-0.15, -0.1) is 11.6 Å². The van der Waals surface area contributed by atoms with Gasteiger partial charge in [0.25, 0.3) is 0 Å².